The van der Waals surface area contributed by atoms with Crippen molar-refractivity contribution in [3.05, 3.63) is 83.9 Å². The average Bonchev–Trinajstić information content (AvgIpc) is 2.85. The molecule has 3 aromatic rings. The SMILES string of the molecule is CCCCCOC(C)CCCC=Cc1ccc(-c2ccc(-c3ccc(O)cc3)cc2)c(F)c1F. The standard InChI is InChI=1S/C30H34F2O2/c1-3-4-8-21-34-22(2)9-6-5-7-10-26-17-20-28(30(32)29(26)31)25-13-11-23(12-14-25)24-15-18-27(33)19-16-24/h7,10-20,22,33H,3-6,8-9,21H2,1-2H3. The minimum Gasteiger partial charge on any atom is -0.508 e. The molecule has 0 saturated heterocycles. The van der Waals surface area contributed by atoms with Crippen molar-refractivity contribution in [1.29, 1.82) is 0 Å². The van der Waals surface area contributed by atoms with E-state index in [1.54, 1.807) is 42.5 Å². The summed E-state index contributed by atoms with van der Waals surface area (Å²) in [4.78, 5) is 0. The second-order valence-corrected chi connectivity index (χ2v) is 8.68. The van der Waals surface area contributed by atoms with Crippen LogP contribution >= 0.6 is 0 Å². The van der Waals surface area contributed by atoms with Crippen LogP contribution in [0.15, 0.2) is 66.7 Å². The number of phenols is 1. The van der Waals surface area contributed by atoms with Crippen molar-refractivity contribution in [1.82, 2.24) is 0 Å². The zero-order chi connectivity index (χ0) is 24.3. The van der Waals surface area contributed by atoms with Crippen molar-refractivity contribution in [2.75, 3.05) is 6.61 Å². The van der Waals surface area contributed by atoms with Crippen molar-refractivity contribution in [3.8, 4) is 28.0 Å². The molecule has 0 spiro atoms. The zero-order valence-electron chi connectivity index (χ0n) is 20.1. The van der Waals surface area contributed by atoms with Gasteiger partial charge in [0.1, 0.15) is 5.75 Å². The smallest absolute Gasteiger partial charge is 0.167 e. The van der Waals surface area contributed by atoms with Gasteiger partial charge in [0.25, 0.3) is 0 Å². The molecule has 0 aliphatic heterocycles. The van der Waals surface area contributed by atoms with E-state index < -0.39 is 11.6 Å². The summed E-state index contributed by atoms with van der Waals surface area (Å²) in [6.07, 6.45) is 9.95. The Morgan fingerprint density at radius 1 is 0.824 bits per heavy atom. The highest BCUT2D eigenvalue weighted by Gasteiger charge is 2.13. The van der Waals surface area contributed by atoms with Gasteiger partial charge in [0.2, 0.25) is 0 Å². The summed E-state index contributed by atoms with van der Waals surface area (Å²) in [6, 6.07) is 17.4. The maximum absolute atomic E-state index is 14.8. The number of rotatable bonds is 12. The van der Waals surface area contributed by atoms with E-state index in [4.69, 9.17) is 4.74 Å². The van der Waals surface area contributed by atoms with Crippen LogP contribution in [0.1, 0.15) is 57.9 Å². The van der Waals surface area contributed by atoms with Gasteiger partial charge in [-0.1, -0.05) is 80.4 Å². The Hall–Kier alpha value is -2.98. The molecule has 3 aromatic carbocycles. The number of halogens is 2. The number of ether oxygens (including phenoxy) is 1. The Balaban J connectivity index is 1.56. The molecule has 0 aromatic heterocycles. The summed E-state index contributed by atoms with van der Waals surface area (Å²) in [6.45, 7) is 5.07. The van der Waals surface area contributed by atoms with E-state index in [0.29, 0.717) is 5.56 Å². The lowest BCUT2D eigenvalue weighted by Gasteiger charge is -2.12. The van der Waals surface area contributed by atoms with Crippen LogP contribution in [0.3, 0.4) is 0 Å². The van der Waals surface area contributed by atoms with Crippen molar-refractivity contribution < 1.29 is 18.6 Å². The third-order valence-electron chi connectivity index (χ3n) is 5.94. The van der Waals surface area contributed by atoms with Gasteiger partial charge < -0.3 is 9.84 Å². The van der Waals surface area contributed by atoms with E-state index in [2.05, 4.69) is 13.8 Å². The zero-order valence-corrected chi connectivity index (χ0v) is 20.1. The van der Waals surface area contributed by atoms with Crippen molar-refractivity contribution in [3.63, 3.8) is 0 Å². The lowest BCUT2D eigenvalue weighted by molar-refractivity contribution is 0.0566. The van der Waals surface area contributed by atoms with Gasteiger partial charge in [0.05, 0.1) is 6.10 Å². The van der Waals surface area contributed by atoms with E-state index in [1.165, 1.54) is 12.8 Å². The van der Waals surface area contributed by atoms with Gasteiger partial charge in [0.15, 0.2) is 11.6 Å². The highest BCUT2D eigenvalue weighted by Crippen LogP contribution is 2.30. The highest BCUT2D eigenvalue weighted by atomic mass is 19.2. The molecule has 34 heavy (non-hydrogen) atoms. The molecule has 1 unspecified atom stereocenters. The predicted molar refractivity (Wildman–Crippen MR) is 137 cm³/mol. The summed E-state index contributed by atoms with van der Waals surface area (Å²) in [5, 5.41) is 9.43. The van der Waals surface area contributed by atoms with Gasteiger partial charge in [-0.3, -0.25) is 0 Å². The molecular formula is C30H34F2O2. The maximum atomic E-state index is 14.8. The average molecular weight is 465 g/mol. The lowest BCUT2D eigenvalue weighted by Crippen LogP contribution is -2.08. The molecule has 0 aliphatic rings. The molecule has 2 nitrogen and oxygen atoms in total. The minimum atomic E-state index is -0.839. The summed E-state index contributed by atoms with van der Waals surface area (Å²) < 4.78 is 35.3. The summed E-state index contributed by atoms with van der Waals surface area (Å²) in [7, 11) is 0. The number of hydrogen-bond acceptors (Lipinski definition) is 2. The fourth-order valence-corrected chi connectivity index (χ4v) is 3.87. The Kier molecular flexibility index (Phi) is 9.84. The fourth-order valence-electron chi connectivity index (χ4n) is 3.87. The van der Waals surface area contributed by atoms with Crippen LogP contribution in [0.25, 0.3) is 28.3 Å². The second-order valence-electron chi connectivity index (χ2n) is 8.68. The topological polar surface area (TPSA) is 29.5 Å². The molecule has 4 heteroatoms. The van der Waals surface area contributed by atoms with Gasteiger partial charge >= 0.3 is 0 Å². The number of hydrogen-bond donors (Lipinski definition) is 1. The van der Waals surface area contributed by atoms with Crippen LogP contribution in [-0.4, -0.2) is 17.8 Å². The quantitative estimate of drug-likeness (QED) is 0.271. The Bertz CT molecular complexity index is 1060. The molecule has 0 fully saturated rings. The van der Waals surface area contributed by atoms with E-state index in [-0.39, 0.29) is 23.0 Å². The molecule has 0 aliphatic carbocycles. The molecule has 180 valence electrons. The van der Waals surface area contributed by atoms with E-state index in [0.717, 1.165) is 43.4 Å². The molecule has 0 amide bonds. The number of benzene rings is 3. The number of aromatic hydroxyl groups is 1. The molecular weight excluding hydrogens is 430 g/mol. The molecule has 0 saturated carbocycles. The molecule has 0 radical (unpaired) electrons. The molecule has 0 heterocycles. The molecule has 0 bridgehead atoms. The monoisotopic (exact) mass is 464 g/mol. The highest BCUT2D eigenvalue weighted by molar-refractivity contribution is 5.72. The third kappa shape index (κ3) is 7.26. The van der Waals surface area contributed by atoms with Crippen LogP contribution in [0.4, 0.5) is 8.78 Å². The molecule has 3 rings (SSSR count). The molecule has 1 N–H and O–H groups in total. The van der Waals surface area contributed by atoms with Gasteiger partial charge in [-0.05, 0) is 61.4 Å². The second kappa shape index (κ2) is 13.0. The first kappa shape index (κ1) is 25.6. The first-order chi connectivity index (χ1) is 16.5. The van der Waals surface area contributed by atoms with Crippen molar-refractivity contribution in [2.24, 2.45) is 0 Å². The largest absolute Gasteiger partial charge is 0.508 e. The number of allylic oxidation sites excluding steroid dienone is 1. The van der Waals surface area contributed by atoms with Gasteiger partial charge in [-0.15, -0.1) is 0 Å². The first-order valence-corrected chi connectivity index (χ1v) is 12.2. The molecule has 1 atom stereocenters. The van der Waals surface area contributed by atoms with Crippen molar-refractivity contribution in [2.45, 2.75) is 58.5 Å². The van der Waals surface area contributed by atoms with Crippen LogP contribution < -0.4 is 0 Å². The number of phenolic OH excluding ortho intramolecular Hbond substituents is 1. The third-order valence-corrected chi connectivity index (χ3v) is 5.94. The van der Waals surface area contributed by atoms with Crippen LogP contribution in [0, 0.1) is 11.6 Å². The van der Waals surface area contributed by atoms with Crippen molar-refractivity contribution >= 4 is 6.08 Å². The van der Waals surface area contributed by atoms with Crippen LogP contribution in [-0.2, 0) is 4.74 Å². The van der Waals surface area contributed by atoms with Gasteiger partial charge in [0, 0.05) is 17.7 Å². The summed E-state index contributed by atoms with van der Waals surface area (Å²) in [5.74, 6) is -1.47. The Morgan fingerprint density at radius 3 is 2.15 bits per heavy atom. The predicted octanol–water partition coefficient (Wildman–Crippen LogP) is 8.78. The van der Waals surface area contributed by atoms with Gasteiger partial charge in [-0.25, -0.2) is 8.78 Å². The number of unbranched alkanes of at least 4 members (excludes halogenated alkanes) is 3. The maximum Gasteiger partial charge on any atom is 0.167 e. The first-order valence-electron chi connectivity index (χ1n) is 12.2. The summed E-state index contributed by atoms with van der Waals surface area (Å²) in [5.41, 5.74) is 2.98. The van der Waals surface area contributed by atoms with E-state index >= 15 is 0 Å². The summed E-state index contributed by atoms with van der Waals surface area (Å²) >= 11 is 0. The lowest BCUT2D eigenvalue weighted by atomic mass is 9.98. The Morgan fingerprint density at radius 2 is 1.47 bits per heavy atom. The minimum absolute atomic E-state index is 0.202. The Labute approximate surface area is 201 Å². The van der Waals surface area contributed by atoms with Gasteiger partial charge in [-0.2, -0.15) is 0 Å². The fraction of sp³-hybridized carbons (Fsp3) is 0.333. The van der Waals surface area contributed by atoms with E-state index in [9.17, 15) is 13.9 Å². The van der Waals surface area contributed by atoms with Crippen LogP contribution in [0.5, 0.6) is 5.75 Å². The van der Waals surface area contributed by atoms with Crippen LogP contribution in [0.2, 0.25) is 0 Å². The van der Waals surface area contributed by atoms with E-state index in [1.807, 2.05) is 30.3 Å². The normalized spacial score (nSPS) is 12.4.